The van der Waals surface area contributed by atoms with E-state index in [1.54, 1.807) is 39.5 Å². The van der Waals surface area contributed by atoms with Gasteiger partial charge in [0.25, 0.3) is 0 Å². The highest BCUT2D eigenvalue weighted by Gasteiger charge is 2.11. The Hall–Kier alpha value is -3.32. The van der Waals surface area contributed by atoms with Gasteiger partial charge in [-0.05, 0) is 55.0 Å². The Morgan fingerprint density at radius 2 is 1.72 bits per heavy atom. The highest BCUT2D eigenvalue weighted by molar-refractivity contribution is 7.16. The standard InChI is InChI=1S/C22H22N2O4S/c1-14-21(16-7-9-17(26-2)10-8-16)24-22(29-14)23-20(25)12-6-15-5-11-18(27-3)19(13-15)28-4/h5-13H,1-4H3,(H,23,24,25)/b12-6+. The van der Waals surface area contributed by atoms with Crippen LogP contribution in [0.1, 0.15) is 10.4 Å². The van der Waals surface area contributed by atoms with Gasteiger partial charge in [0.1, 0.15) is 5.75 Å². The quantitative estimate of drug-likeness (QED) is 0.567. The van der Waals surface area contributed by atoms with Crippen LogP contribution in [0.4, 0.5) is 5.13 Å². The number of nitrogens with one attached hydrogen (secondary N) is 1. The van der Waals surface area contributed by atoms with E-state index >= 15 is 0 Å². The van der Waals surface area contributed by atoms with Crippen molar-refractivity contribution in [3.63, 3.8) is 0 Å². The van der Waals surface area contributed by atoms with E-state index in [0.29, 0.717) is 16.6 Å². The molecule has 1 amide bonds. The summed E-state index contributed by atoms with van der Waals surface area (Å²) in [7, 11) is 4.78. The molecule has 1 aromatic heterocycles. The normalized spacial score (nSPS) is 10.8. The molecule has 150 valence electrons. The fourth-order valence-electron chi connectivity index (χ4n) is 2.74. The lowest BCUT2D eigenvalue weighted by atomic mass is 10.1. The maximum Gasteiger partial charge on any atom is 0.250 e. The van der Waals surface area contributed by atoms with Gasteiger partial charge in [0.15, 0.2) is 16.6 Å². The lowest BCUT2D eigenvalue weighted by Crippen LogP contribution is -2.07. The van der Waals surface area contributed by atoms with Crippen LogP contribution in [0.15, 0.2) is 48.5 Å². The van der Waals surface area contributed by atoms with Crippen LogP contribution in [0, 0.1) is 6.92 Å². The number of ether oxygens (including phenoxy) is 3. The van der Waals surface area contributed by atoms with Gasteiger partial charge in [-0.1, -0.05) is 6.07 Å². The summed E-state index contributed by atoms with van der Waals surface area (Å²) in [5.74, 6) is 1.78. The van der Waals surface area contributed by atoms with Crippen molar-refractivity contribution in [1.82, 2.24) is 4.98 Å². The van der Waals surface area contributed by atoms with Crippen LogP contribution < -0.4 is 19.5 Å². The van der Waals surface area contributed by atoms with Crippen LogP contribution in [-0.2, 0) is 4.79 Å². The van der Waals surface area contributed by atoms with Gasteiger partial charge in [-0.2, -0.15) is 0 Å². The number of aryl methyl sites for hydroxylation is 1. The number of methoxy groups -OCH3 is 3. The molecular weight excluding hydrogens is 388 g/mol. The summed E-state index contributed by atoms with van der Waals surface area (Å²) in [5.41, 5.74) is 2.64. The van der Waals surface area contributed by atoms with Crippen molar-refractivity contribution in [2.45, 2.75) is 6.92 Å². The van der Waals surface area contributed by atoms with Gasteiger partial charge < -0.3 is 14.2 Å². The molecule has 2 aromatic carbocycles. The van der Waals surface area contributed by atoms with Crippen molar-refractivity contribution in [2.24, 2.45) is 0 Å². The molecule has 0 bridgehead atoms. The summed E-state index contributed by atoms with van der Waals surface area (Å²) in [5, 5.41) is 3.37. The number of aromatic nitrogens is 1. The average molecular weight is 410 g/mol. The molecule has 0 fully saturated rings. The van der Waals surface area contributed by atoms with Crippen molar-refractivity contribution < 1.29 is 19.0 Å². The first-order valence-electron chi connectivity index (χ1n) is 8.87. The third-order valence-electron chi connectivity index (χ3n) is 4.22. The first-order valence-corrected chi connectivity index (χ1v) is 9.68. The van der Waals surface area contributed by atoms with Gasteiger partial charge >= 0.3 is 0 Å². The maximum absolute atomic E-state index is 12.3. The van der Waals surface area contributed by atoms with E-state index < -0.39 is 0 Å². The third-order valence-corrected chi connectivity index (χ3v) is 5.11. The van der Waals surface area contributed by atoms with Gasteiger partial charge in [-0.15, -0.1) is 11.3 Å². The summed E-state index contributed by atoms with van der Waals surface area (Å²) in [4.78, 5) is 17.9. The fourth-order valence-corrected chi connectivity index (χ4v) is 3.58. The van der Waals surface area contributed by atoms with Crippen molar-refractivity contribution in [3.05, 3.63) is 59.0 Å². The van der Waals surface area contributed by atoms with Crippen LogP contribution in [-0.4, -0.2) is 32.2 Å². The number of benzene rings is 2. The zero-order valence-electron chi connectivity index (χ0n) is 16.7. The lowest BCUT2D eigenvalue weighted by Gasteiger charge is -2.07. The predicted molar refractivity (Wildman–Crippen MR) is 116 cm³/mol. The third kappa shape index (κ3) is 4.94. The summed E-state index contributed by atoms with van der Waals surface area (Å²) < 4.78 is 15.7. The molecule has 3 rings (SSSR count). The summed E-state index contributed by atoms with van der Waals surface area (Å²) >= 11 is 1.44. The predicted octanol–water partition coefficient (Wildman–Crippen LogP) is 4.80. The number of carbonyl (C=O) groups excluding carboxylic acids is 1. The van der Waals surface area contributed by atoms with Crippen molar-refractivity contribution in [3.8, 4) is 28.5 Å². The minimum absolute atomic E-state index is 0.255. The molecule has 0 unspecified atom stereocenters. The minimum atomic E-state index is -0.255. The first kappa shape index (κ1) is 20.4. The highest BCUT2D eigenvalue weighted by atomic mass is 32.1. The molecule has 7 heteroatoms. The number of hydrogen-bond donors (Lipinski definition) is 1. The molecule has 6 nitrogen and oxygen atoms in total. The van der Waals surface area contributed by atoms with Crippen LogP contribution in [0.2, 0.25) is 0 Å². The van der Waals surface area contributed by atoms with E-state index in [2.05, 4.69) is 10.3 Å². The zero-order valence-corrected chi connectivity index (χ0v) is 17.5. The fraction of sp³-hybridized carbons (Fsp3) is 0.182. The van der Waals surface area contributed by atoms with Crippen LogP contribution in [0.5, 0.6) is 17.2 Å². The monoisotopic (exact) mass is 410 g/mol. The second-order valence-electron chi connectivity index (χ2n) is 6.09. The summed E-state index contributed by atoms with van der Waals surface area (Å²) in [6.45, 7) is 1.98. The largest absolute Gasteiger partial charge is 0.497 e. The zero-order chi connectivity index (χ0) is 20.8. The molecule has 1 N–H and O–H groups in total. The van der Waals surface area contributed by atoms with Gasteiger partial charge in [0.2, 0.25) is 5.91 Å². The summed E-state index contributed by atoms with van der Waals surface area (Å²) in [6, 6.07) is 13.1. The van der Waals surface area contributed by atoms with Crippen molar-refractivity contribution >= 4 is 28.5 Å². The van der Waals surface area contributed by atoms with Crippen molar-refractivity contribution in [1.29, 1.82) is 0 Å². The second kappa shape index (κ2) is 9.25. The number of anilines is 1. The molecule has 0 saturated carbocycles. The molecule has 0 aliphatic carbocycles. The lowest BCUT2D eigenvalue weighted by molar-refractivity contribution is -0.111. The Labute approximate surface area is 173 Å². The number of hydrogen-bond acceptors (Lipinski definition) is 6. The Balaban J connectivity index is 1.70. The number of rotatable bonds is 7. The van der Waals surface area contributed by atoms with E-state index in [4.69, 9.17) is 14.2 Å². The van der Waals surface area contributed by atoms with E-state index in [1.807, 2.05) is 37.3 Å². The molecule has 0 aliphatic heterocycles. The topological polar surface area (TPSA) is 69.7 Å². The van der Waals surface area contributed by atoms with Gasteiger partial charge in [-0.3, -0.25) is 10.1 Å². The second-order valence-corrected chi connectivity index (χ2v) is 7.29. The van der Waals surface area contributed by atoms with E-state index in [1.165, 1.54) is 17.4 Å². The molecule has 0 atom stereocenters. The SMILES string of the molecule is COc1ccc(-c2nc(NC(=O)/C=C/c3ccc(OC)c(OC)c3)sc2C)cc1. The van der Waals surface area contributed by atoms with E-state index in [0.717, 1.165) is 27.4 Å². The number of thiazole rings is 1. The molecule has 29 heavy (non-hydrogen) atoms. The number of carbonyl (C=O) groups is 1. The smallest absolute Gasteiger partial charge is 0.250 e. The maximum atomic E-state index is 12.3. The Bertz CT molecular complexity index is 1030. The van der Waals surface area contributed by atoms with Gasteiger partial charge in [0.05, 0.1) is 27.0 Å². The van der Waals surface area contributed by atoms with E-state index in [9.17, 15) is 4.79 Å². The Morgan fingerprint density at radius 3 is 2.38 bits per heavy atom. The molecular formula is C22H22N2O4S. The molecule has 0 radical (unpaired) electrons. The molecule has 1 heterocycles. The van der Waals surface area contributed by atoms with Crippen LogP contribution >= 0.6 is 11.3 Å². The Morgan fingerprint density at radius 1 is 1.00 bits per heavy atom. The van der Waals surface area contributed by atoms with Crippen LogP contribution in [0.3, 0.4) is 0 Å². The average Bonchev–Trinajstić information content (AvgIpc) is 3.11. The Kier molecular flexibility index (Phi) is 6.51. The van der Waals surface area contributed by atoms with E-state index in [-0.39, 0.29) is 5.91 Å². The van der Waals surface area contributed by atoms with Crippen LogP contribution in [0.25, 0.3) is 17.3 Å². The van der Waals surface area contributed by atoms with Crippen molar-refractivity contribution in [2.75, 3.05) is 26.6 Å². The molecule has 0 spiro atoms. The van der Waals surface area contributed by atoms with Gasteiger partial charge in [-0.25, -0.2) is 4.98 Å². The number of nitrogens with zero attached hydrogens (tertiary/aromatic N) is 1. The molecule has 3 aromatic rings. The van der Waals surface area contributed by atoms with Gasteiger partial charge in [0, 0.05) is 16.5 Å². The minimum Gasteiger partial charge on any atom is -0.497 e. The number of amides is 1. The summed E-state index contributed by atoms with van der Waals surface area (Å²) in [6.07, 6.45) is 3.17. The molecule has 0 saturated heterocycles. The molecule has 0 aliphatic rings. The first-order chi connectivity index (χ1) is 14.0. The highest BCUT2D eigenvalue weighted by Crippen LogP contribution is 2.31.